The molecule has 2 unspecified atom stereocenters. The summed E-state index contributed by atoms with van der Waals surface area (Å²) in [6.07, 6.45) is 5.14. The maximum Gasteiger partial charge on any atom is 0.0576 e. The van der Waals surface area contributed by atoms with Crippen LogP contribution in [0.5, 0.6) is 0 Å². The smallest absolute Gasteiger partial charge is 0.0576 e. The predicted molar refractivity (Wildman–Crippen MR) is 74.1 cm³/mol. The van der Waals surface area contributed by atoms with E-state index in [1.807, 2.05) is 6.07 Å². The van der Waals surface area contributed by atoms with Crippen LogP contribution in [0.1, 0.15) is 37.2 Å². The van der Waals surface area contributed by atoms with Gasteiger partial charge in [-0.1, -0.05) is 34.1 Å². The third-order valence-corrected chi connectivity index (χ3v) is 4.21. The second-order valence-corrected chi connectivity index (χ2v) is 5.52. The molecule has 17 heavy (non-hydrogen) atoms. The highest BCUT2D eigenvalue weighted by atomic mass is 79.9. The lowest BCUT2D eigenvalue weighted by Gasteiger charge is -2.18. The maximum atomic E-state index is 5.90. The van der Waals surface area contributed by atoms with E-state index < -0.39 is 0 Å². The molecule has 1 aliphatic heterocycles. The summed E-state index contributed by atoms with van der Waals surface area (Å²) in [4.78, 5) is 0. The summed E-state index contributed by atoms with van der Waals surface area (Å²) in [6, 6.07) is 8.37. The number of ether oxygens (including phenoxy) is 1. The Kier molecular flexibility index (Phi) is 5.01. The van der Waals surface area contributed by atoms with Crippen molar-refractivity contribution in [1.29, 1.82) is 0 Å². The topological polar surface area (TPSA) is 35.2 Å². The quantitative estimate of drug-likeness (QED) is 0.903. The zero-order chi connectivity index (χ0) is 12.1. The minimum Gasteiger partial charge on any atom is -0.378 e. The molecule has 94 valence electrons. The molecule has 1 heterocycles. The third-order valence-electron chi connectivity index (χ3n) is 3.49. The molecule has 0 bridgehead atoms. The van der Waals surface area contributed by atoms with Gasteiger partial charge in [-0.3, -0.25) is 0 Å². The first-order chi connectivity index (χ1) is 8.31. The van der Waals surface area contributed by atoms with E-state index in [0.29, 0.717) is 18.6 Å². The molecule has 0 radical (unpaired) electrons. The van der Waals surface area contributed by atoms with Gasteiger partial charge in [-0.25, -0.2) is 0 Å². The molecule has 1 aliphatic rings. The molecule has 0 amide bonds. The van der Waals surface area contributed by atoms with Gasteiger partial charge in [0.2, 0.25) is 0 Å². The molecule has 2 atom stereocenters. The van der Waals surface area contributed by atoms with Gasteiger partial charge in [0.1, 0.15) is 0 Å². The Morgan fingerprint density at radius 3 is 2.88 bits per heavy atom. The van der Waals surface area contributed by atoms with Gasteiger partial charge in [0.05, 0.1) is 6.10 Å². The Labute approximate surface area is 112 Å². The summed E-state index contributed by atoms with van der Waals surface area (Å²) in [5, 5.41) is 0. The van der Waals surface area contributed by atoms with Crippen molar-refractivity contribution in [2.75, 3.05) is 13.2 Å². The van der Waals surface area contributed by atoms with Crippen molar-refractivity contribution < 1.29 is 4.74 Å². The van der Waals surface area contributed by atoms with Crippen molar-refractivity contribution in [3.05, 3.63) is 34.3 Å². The zero-order valence-corrected chi connectivity index (χ0v) is 11.7. The van der Waals surface area contributed by atoms with E-state index in [4.69, 9.17) is 10.5 Å². The van der Waals surface area contributed by atoms with Crippen LogP contribution in [0.2, 0.25) is 0 Å². The molecule has 1 fully saturated rings. The summed E-state index contributed by atoms with van der Waals surface area (Å²) in [6.45, 7) is 1.64. The monoisotopic (exact) mass is 297 g/mol. The van der Waals surface area contributed by atoms with E-state index in [9.17, 15) is 0 Å². The van der Waals surface area contributed by atoms with Crippen LogP contribution in [-0.4, -0.2) is 19.3 Å². The Balaban J connectivity index is 1.94. The van der Waals surface area contributed by atoms with Crippen LogP contribution >= 0.6 is 15.9 Å². The lowest BCUT2D eigenvalue weighted by molar-refractivity contribution is 0.101. The third kappa shape index (κ3) is 3.54. The van der Waals surface area contributed by atoms with Crippen LogP contribution in [0.25, 0.3) is 0 Å². The van der Waals surface area contributed by atoms with Gasteiger partial charge in [-0.15, -0.1) is 0 Å². The van der Waals surface area contributed by atoms with Crippen LogP contribution in [0.15, 0.2) is 28.7 Å². The van der Waals surface area contributed by atoms with Gasteiger partial charge in [-0.2, -0.15) is 0 Å². The second-order valence-electron chi connectivity index (χ2n) is 4.67. The average Bonchev–Trinajstić information content (AvgIpc) is 2.85. The second kappa shape index (κ2) is 6.53. The Bertz CT molecular complexity index is 350. The Morgan fingerprint density at radius 1 is 1.41 bits per heavy atom. The van der Waals surface area contributed by atoms with E-state index >= 15 is 0 Å². The summed E-state index contributed by atoms with van der Waals surface area (Å²) < 4.78 is 6.83. The highest BCUT2D eigenvalue weighted by molar-refractivity contribution is 9.10. The summed E-state index contributed by atoms with van der Waals surface area (Å²) >= 11 is 3.60. The van der Waals surface area contributed by atoms with Crippen LogP contribution in [0.4, 0.5) is 0 Å². The maximum absolute atomic E-state index is 5.90. The van der Waals surface area contributed by atoms with Crippen molar-refractivity contribution in [2.45, 2.75) is 37.7 Å². The van der Waals surface area contributed by atoms with E-state index in [-0.39, 0.29) is 0 Å². The van der Waals surface area contributed by atoms with Gasteiger partial charge in [0.25, 0.3) is 0 Å². The molecule has 0 aromatic heterocycles. The molecule has 1 aromatic rings. The molecule has 1 aromatic carbocycles. The number of benzene rings is 1. The van der Waals surface area contributed by atoms with Crippen LogP contribution in [-0.2, 0) is 4.74 Å². The summed E-state index contributed by atoms with van der Waals surface area (Å²) in [7, 11) is 0. The minimum absolute atomic E-state index is 0.440. The average molecular weight is 298 g/mol. The molecule has 2 nitrogen and oxygen atoms in total. The van der Waals surface area contributed by atoms with Crippen molar-refractivity contribution in [2.24, 2.45) is 5.73 Å². The van der Waals surface area contributed by atoms with Crippen molar-refractivity contribution in [3.8, 4) is 0 Å². The largest absolute Gasteiger partial charge is 0.378 e. The number of hydrogen-bond donors (Lipinski definition) is 1. The lowest BCUT2D eigenvalue weighted by atomic mass is 9.92. The molecule has 2 N–H and O–H groups in total. The van der Waals surface area contributed by atoms with E-state index in [2.05, 4.69) is 34.1 Å². The van der Waals surface area contributed by atoms with Crippen LogP contribution in [0.3, 0.4) is 0 Å². The van der Waals surface area contributed by atoms with Crippen molar-refractivity contribution >= 4 is 15.9 Å². The van der Waals surface area contributed by atoms with E-state index in [1.54, 1.807) is 0 Å². The first kappa shape index (κ1) is 13.1. The predicted octanol–water partition coefficient (Wildman–Crippen LogP) is 3.45. The standard InChI is InChI=1S/C14H20BrNO/c15-14-6-2-1-5-13(14)11(10-16)7-8-12-4-3-9-17-12/h1-2,5-6,11-12H,3-4,7-10,16H2. The molecule has 0 aliphatic carbocycles. The van der Waals surface area contributed by atoms with Gasteiger partial charge in [-0.05, 0) is 49.8 Å². The van der Waals surface area contributed by atoms with Gasteiger partial charge < -0.3 is 10.5 Å². The Hall–Kier alpha value is -0.380. The highest BCUT2D eigenvalue weighted by Gasteiger charge is 2.19. The number of rotatable bonds is 5. The van der Waals surface area contributed by atoms with E-state index in [0.717, 1.165) is 19.4 Å². The Morgan fingerprint density at radius 2 is 2.24 bits per heavy atom. The minimum atomic E-state index is 0.440. The van der Waals surface area contributed by atoms with Crippen LogP contribution < -0.4 is 5.73 Å². The fraction of sp³-hybridized carbons (Fsp3) is 0.571. The molecular formula is C14H20BrNO. The number of nitrogens with two attached hydrogens (primary N) is 1. The normalized spacial score (nSPS) is 21.6. The molecule has 3 heteroatoms. The first-order valence-electron chi connectivity index (χ1n) is 6.37. The molecular weight excluding hydrogens is 278 g/mol. The number of hydrogen-bond acceptors (Lipinski definition) is 2. The van der Waals surface area contributed by atoms with Crippen molar-refractivity contribution in [1.82, 2.24) is 0 Å². The molecule has 0 spiro atoms. The molecule has 0 saturated carbocycles. The fourth-order valence-electron chi connectivity index (χ4n) is 2.47. The van der Waals surface area contributed by atoms with Crippen LogP contribution in [0, 0.1) is 0 Å². The van der Waals surface area contributed by atoms with Gasteiger partial charge >= 0.3 is 0 Å². The van der Waals surface area contributed by atoms with Crippen molar-refractivity contribution in [3.63, 3.8) is 0 Å². The van der Waals surface area contributed by atoms with Gasteiger partial charge in [0, 0.05) is 11.1 Å². The van der Waals surface area contributed by atoms with E-state index in [1.165, 1.54) is 22.9 Å². The zero-order valence-electron chi connectivity index (χ0n) is 10.1. The lowest BCUT2D eigenvalue weighted by Crippen LogP contribution is -2.16. The molecule has 1 saturated heterocycles. The van der Waals surface area contributed by atoms with Gasteiger partial charge in [0.15, 0.2) is 0 Å². The fourth-order valence-corrected chi connectivity index (χ4v) is 3.07. The summed E-state index contributed by atoms with van der Waals surface area (Å²) in [5.74, 6) is 0.440. The summed E-state index contributed by atoms with van der Waals surface area (Å²) in [5.41, 5.74) is 7.22. The SMILES string of the molecule is NCC(CCC1CCCO1)c1ccccc1Br. The molecule has 2 rings (SSSR count). The first-order valence-corrected chi connectivity index (χ1v) is 7.16. The number of halogens is 1. The highest BCUT2D eigenvalue weighted by Crippen LogP contribution is 2.29.